The summed E-state index contributed by atoms with van der Waals surface area (Å²) < 4.78 is 5.51. The minimum atomic E-state index is -0.409. The van der Waals surface area contributed by atoms with E-state index in [4.69, 9.17) is 27.9 Å². The first-order valence-electron chi connectivity index (χ1n) is 4.75. The van der Waals surface area contributed by atoms with Gasteiger partial charge >= 0.3 is 0 Å². The van der Waals surface area contributed by atoms with E-state index in [0.29, 0.717) is 11.8 Å². The van der Waals surface area contributed by atoms with Crippen molar-refractivity contribution >= 4 is 28.4 Å². The van der Waals surface area contributed by atoms with Gasteiger partial charge in [0.15, 0.2) is 5.62 Å². The summed E-state index contributed by atoms with van der Waals surface area (Å²) in [6, 6.07) is 0.196. The van der Waals surface area contributed by atoms with Crippen LogP contribution in [0.1, 0.15) is 20.8 Å². The van der Waals surface area contributed by atoms with Crippen LogP contribution in [0.4, 0.5) is 0 Å². The topological polar surface area (TPSA) is 33.6 Å². The van der Waals surface area contributed by atoms with Gasteiger partial charge in [-0.05, 0) is 20.8 Å². The van der Waals surface area contributed by atoms with Crippen molar-refractivity contribution in [2.24, 2.45) is 10.9 Å². The molecule has 5 heteroatoms. The van der Waals surface area contributed by atoms with Gasteiger partial charge in [0.1, 0.15) is 5.17 Å². The van der Waals surface area contributed by atoms with Gasteiger partial charge in [-0.25, -0.2) is 4.99 Å². The molecule has 0 bridgehead atoms. The number of hydrogen-bond acceptors (Lipinski definition) is 3. The van der Waals surface area contributed by atoms with Crippen molar-refractivity contribution < 1.29 is 4.74 Å². The van der Waals surface area contributed by atoms with Gasteiger partial charge in [0.2, 0.25) is 0 Å². The lowest BCUT2D eigenvalue weighted by atomic mass is 10.0. The zero-order valence-electron chi connectivity index (χ0n) is 8.63. The Bertz CT molecular complexity index is 221. The number of nitrogens with one attached hydrogen (secondary N) is 1. The number of ether oxygens (including phenoxy) is 1. The van der Waals surface area contributed by atoms with E-state index in [-0.39, 0.29) is 18.1 Å². The maximum absolute atomic E-state index is 6.00. The predicted molar refractivity (Wildman–Crippen MR) is 60.1 cm³/mol. The maximum Gasteiger partial charge on any atom is 0.177 e. The lowest BCUT2D eigenvalue weighted by Crippen LogP contribution is -2.46. The Balaban J connectivity index is 2.54. The zero-order valence-corrected chi connectivity index (χ0v) is 10.1. The summed E-state index contributed by atoms with van der Waals surface area (Å²) in [5.41, 5.74) is -0.409. The van der Waals surface area contributed by atoms with Crippen LogP contribution in [0.5, 0.6) is 0 Å². The van der Waals surface area contributed by atoms with E-state index in [1.807, 2.05) is 20.8 Å². The minimum Gasteiger partial charge on any atom is -0.378 e. The van der Waals surface area contributed by atoms with E-state index in [9.17, 15) is 0 Å². The van der Waals surface area contributed by atoms with Gasteiger partial charge < -0.3 is 4.74 Å². The first kappa shape index (κ1) is 12.2. The van der Waals surface area contributed by atoms with Crippen LogP contribution in [0.2, 0.25) is 0 Å². The molecule has 0 saturated carbocycles. The summed E-state index contributed by atoms with van der Waals surface area (Å²) in [7, 11) is 0. The van der Waals surface area contributed by atoms with Gasteiger partial charge in [-0.15, -0.1) is 0 Å². The van der Waals surface area contributed by atoms with Crippen LogP contribution in [0, 0.1) is 5.92 Å². The molecule has 1 aliphatic heterocycles. The van der Waals surface area contributed by atoms with Crippen LogP contribution in [-0.4, -0.2) is 29.5 Å². The van der Waals surface area contributed by atoms with Gasteiger partial charge in [0, 0.05) is 6.04 Å². The Kier molecular flexibility index (Phi) is 4.64. The molecule has 3 nitrogen and oxygen atoms in total. The predicted octanol–water partition coefficient (Wildman–Crippen LogP) is 2.18. The highest BCUT2D eigenvalue weighted by molar-refractivity contribution is 6.66. The van der Waals surface area contributed by atoms with Crippen molar-refractivity contribution in [1.82, 2.24) is 5.32 Å². The second kappa shape index (κ2) is 5.31. The van der Waals surface area contributed by atoms with Gasteiger partial charge in [-0.2, -0.15) is 0 Å². The van der Waals surface area contributed by atoms with Crippen LogP contribution in [0.3, 0.4) is 0 Å². The molecule has 1 N–H and O–H groups in total. The molecule has 1 rings (SSSR count). The fourth-order valence-corrected chi connectivity index (χ4v) is 1.99. The zero-order chi connectivity index (χ0) is 10.7. The summed E-state index contributed by atoms with van der Waals surface area (Å²) in [4.78, 5) is 4.05. The molecule has 82 valence electrons. The Hall–Kier alpha value is 0.170. The summed E-state index contributed by atoms with van der Waals surface area (Å²) in [6.07, 6.45) is 0.209. The highest BCUT2D eigenvalue weighted by atomic mass is 35.5. The Morgan fingerprint density at radius 2 is 2.21 bits per heavy atom. The van der Waals surface area contributed by atoms with Crippen LogP contribution in [0.15, 0.2) is 4.99 Å². The van der Waals surface area contributed by atoms with E-state index in [0.717, 1.165) is 0 Å². The molecule has 0 aromatic carbocycles. The Morgan fingerprint density at radius 1 is 1.57 bits per heavy atom. The van der Waals surface area contributed by atoms with E-state index >= 15 is 0 Å². The largest absolute Gasteiger partial charge is 0.378 e. The highest BCUT2D eigenvalue weighted by Gasteiger charge is 2.28. The van der Waals surface area contributed by atoms with Crippen LogP contribution >= 0.6 is 23.2 Å². The van der Waals surface area contributed by atoms with Crippen molar-refractivity contribution in [2.45, 2.75) is 38.5 Å². The fraction of sp³-hybridized carbons (Fsp3) is 0.889. The maximum atomic E-state index is 6.00. The summed E-state index contributed by atoms with van der Waals surface area (Å²) in [5, 5.41) is 3.65. The average molecular weight is 239 g/mol. The normalized spacial score (nSPS) is 33.3. The molecule has 3 atom stereocenters. The second-order valence-electron chi connectivity index (χ2n) is 3.73. The standard InChI is InChI=1S/C9H16Cl2N2O/c1-5(2)14-4-7-6(3)12-9(11)13-8(7)10/h5-7,9,12H,4H2,1-3H3. The molecule has 0 fully saturated rings. The molecule has 0 radical (unpaired) electrons. The average Bonchev–Trinajstić information content (AvgIpc) is 2.01. The third-order valence-corrected chi connectivity index (χ3v) is 2.76. The highest BCUT2D eigenvalue weighted by Crippen LogP contribution is 2.18. The SMILES string of the molecule is CC(C)OCC1C(Cl)=NC(Cl)NC1C. The Labute approximate surface area is 94.8 Å². The number of nitrogens with zero attached hydrogens (tertiary/aromatic N) is 1. The van der Waals surface area contributed by atoms with Crippen LogP contribution in [0.25, 0.3) is 0 Å². The number of rotatable bonds is 3. The first-order chi connectivity index (χ1) is 6.50. The van der Waals surface area contributed by atoms with E-state index in [2.05, 4.69) is 10.3 Å². The number of halogens is 2. The van der Waals surface area contributed by atoms with Crippen LogP contribution < -0.4 is 5.32 Å². The van der Waals surface area contributed by atoms with Crippen molar-refractivity contribution in [2.75, 3.05) is 6.61 Å². The molecular weight excluding hydrogens is 223 g/mol. The van der Waals surface area contributed by atoms with E-state index < -0.39 is 5.62 Å². The first-order valence-corrected chi connectivity index (χ1v) is 5.57. The van der Waals surface area contributed by atoms with E-state index in [1.54, 1.807) is 0 Å². The molecule has 14 heavy (non-hydrogen) atoms. The summed E-state index contributed by atoms with van der Waals surface area (Å²) >= 11 is 11.8. The monoisotopic (exact) mass is 238 g/mol. The molecule has 0 amide bonds. The number of hydrogen-bond donors (Lipinski definition) is 1. The fourth-order valence-electron chi connectivity index (χ4n) is 1.29. The van der Waals surface area contributed by atoms with Crippen molar-refractivity contribution in [3.63, 3.8) is 0 Å². The van der Waals surface area contributed by atoms with E-state index in [1.165, 1.54) is 0 Å². The van der Waals surface area contributed by atoms with Crippen LogP contribution in [-0.2, 0) is 4.74 Å². The van der Waals surface area contributed by atoms with Gasteiger partial charge in [-0.1, -0.05) is 23.2 Å². The molecule has 0 saturated heterocycles. The van der Waals surface area contributed by atoms with Crippen molar-refractivity contribution in [3.8, 4) is 0 Å². The second-order valence-corrected chi connectivity index (χ2v) is 4.53. The molecule has 1 aliphatic rings. The molecule has 1 heterocycles. The third-order valence-electron chi connectivity index (χ3n) is 2.16. The molecule has 0 aromatic rings. The molecule has 0 spiro atoms. The smallest absolute Gasteiger partial charge is 0.177 e. The number of aliphatic imine (C=N–C) groups is 1. The minimum absolute atomic E-state index is 0.106. The molecule has 0 aromatic heterocycles. The summed E-state index contributed by atoms with van der Waals surface area (Å²) in [5.74, 6) is 0.106. The van der Waals surface area contributed by atoms with Gasteiger partial charge in [0.25, 0.3) is 0 Å². The van der Waals surface area contributed by atoms with Crippen molar-refractivity contribution in [1.29, 1.82) is 0 Å². The lowest BCUT2D eigenvalue weighted by Gasteiger charge is -2.30. The van der Waals surface area contributed by atoms with Gasteiger partial charge in [-0.3, -0.25) is 5.32 Å². The molecular formula is C9H16Cl2N2O. The Morgan fingerprint density at radius 3 is 2.71 bits per heavy atom. The van der Waals surface area contributed by atoms with Crippen molar-refractivity contribution in [3.05, 3.63) is 0 Å². The summed E-state index contributed by atoms with van der Waals surface area (Å²) in [6.45, 7) is 6.60. The molecule has 0 aliphatic carbocycles. The number of alkyl halides is 1. The third kappa shape index (κ3) is 3.39. The van der Waals surface area contributed by atoms with Gasteiger partial charge in [0.05, 0.1) is 18.6 Å². The lowest BCUT2D eigenvalue weighted by molar-refractivity contribution is 0.0575. The quantitative estimate of drug-likeness (QED) is 0.605. The molecule has 3 unspecified atom stereocenters.